The van der Waals surface area contributed by atoms with Crippen molar-refractivity contribution in [2.75, 3.05) is 10.6 Å². The predicted molar refractivity (Wildman–Crippen MR) is 260 cm³/mol. The summed E-state index contributed by atoms with van der Waals surface area (Å²) in [6.07, 6.45) is 0. The van der Waals surface area contributed by atoms with Crippen molar-refractivity contribution in [1.29, 1.82) is 5.26 Å². The van der Waals surface area contributed by atoms with Crippen molar-refractivity contribution < 1.29 is 66.5 Å². The summed E-state index contributed by atoms with van der Waals surface area (Å²) in [5.74, 6) is -0.117. The Balaban J connectivity index is 1.26. The van der Waals surface area contributed by atoms with Gasteiger partial charge in [-0.15, -0.1) is 24.8 Å². The number of nitrogens with zero attached hydrogens (tertiary/aromatic N) is 7. The molecule has 0 unspecified atom stereocenters. The highest BCUT2D eigenvalue weighted by atomic mass is 32.2. The van der Waals surface area contributed by atoms with Crippen molar-refractivity contribution in [3.05, 3.63) is 126 Å². The third-order valence-corrected chi connectivity index (χ3v) is 15.0. The summed E-state index contributed by atoms with van der Waals surface area (Å²) in [6, 6.07) is 28.4. The number of hydrogen-bond donors (Lipinski definition) is 7. The molecular weight excluding hydrogens is 1060 g/mol. The molecule has 6 aromatic carbocycles. The number of benzene rings is 6. The number of fused-ring (bicyclic) bond motifs is 2. The van der Waals surface area contributed by atoms with Gasteiger partial charge < -0.3 is 10.6 Å². The van der Waals surface area contributed by atoms with E-state index in [1.54, 1.807) is 12.1 Å². The van der Waals surface area contributed by atoms with Crippen LogP contribution in [-0.2, 0) is 49.8 Å². The second-order valence-electron chi connectivity index (χ2n) is 14.8. The fourth-order valence-electron chi connectivity index (χ4n) is 6.90. The maximum Gasteiger partial charge on any atom is 0.295 e. The molecule has 0 saturated heterocycles. The van der Waals surface area contributed by atoms with E-state index in [1.165, 1.54) is 31.2 Å². The largest absolute Gasteiger partial charge is 0.339 e. The highest BCUT2D eigenvalue weighted by molar-refractivity contribution is 7.94. The van der Waals surface area contributed by atoms with Crippen LogP contribution in [0.25, 0.3) is 32.8 Å². The zero-order valence-electron chi connectivity index (χ0n) is 35.9. The summed E-state index contributed by atoms with van der Waals surface area (Å²) < 4.78 is 141. The lowest BCUT2D eigenvalue weighted by Gasteiger charge is -2.16. The molecule has 0 aliphatic rings. The molecule has 7 N–H and O–H groups in total. The smallest absolute Gasteiger partial charge is 0.295 e. The first-order valence-electron chi connectivity index (χ1n) is 19.7. The number of nitrogens with one attached hydrogen (secondary N) is 2. The summed E-state index contributed by atoms with van der Waals surface area (Å²) >= 11 is 1.07. The average molecular weight is 1090 g/mol. The number of azo groups is 2. The topological polar surface area (TPSA) is 379 Å². The second-order valence-corrected chi connectivity index (χ2v) is 22.1. The van der Waals surface area contributed by atoms with Crippen LogP contribution in [0, 0.1) is 18.3 Å². The van der Waals surface area contributed by atoms with Crippen LogP contribution in [-0.4, -0.2) is 67.1 Å². The minimum absolute atomic E-state index is 0.0381. The number of hydrogen-bond acceptors (Lipinski definition) is 22. The molecule has 0 radical (unpaired) electrons. The Morgan fingerprint density at radius 2 is 1.22 bits per heavy atom. The summed E-state index contributed by atoms with van der Waals surface area (Å²) in [7, 11) is -19.3. The zero-order chi connectivity index (χ0) is 51.8. The number of nitriles is 1. The maximum absolute atomic E-state index is 12.7. The number of anilines is 4. The summed E-state index contributed by atoms with van der Waals surface area (Å²) in [5, 5.41) is 46.6. The Morgan fingerprint density at radius 3 is 1.81 bits per heavy atom. The molecule has 0 amide bonds. The van der Waals surface area contributed by atoms with Gasteiger partial charge in [-0.1, -0.05) is 52.8 Å². The number of aromatic nitrogens is 2. The normalized spacial score (nSPS) is 12.5. The van der Waals surface area contributed by atoms with Crippen LogP contribution < -0.4 is 10.6 Å². The molecule has 30 heteroatoms. The van der Waals surface area contributed by atoms with Crippen LogP contribution >= 0.6 is 23.4 Å². The molecular formula is C42H29N9O15S6. The zero-order valence-corrected chi connectivity index (χ0v) is 40.8. The third-order valence-electron chi connectivity index (χ3n) is 10.1. The van der Waals surface area contributed by atoms with Gasteiger partial charge in [-0.2, -0.15) is 38.9 Å². The monoisotopic (exact) mass is 1090 g/mol. The van der Waals surface area contributed by atoms with E-state index in [0.29, 0.717) is 5.56 Å². The lowest BCUT2D eigenvalue weighted by Crippen LogP contribution is -2.05. The van der Waals surface area contributed by atoms with Crippen molar-refractivity contribution in [3.63, 3.8) is 0 Å². The Bertz CT molecular complexity index is 4060. The van der Waals surface area contributed by atoms with E-state index >= 15 is 0 Å². The van der Waals surface area contributed by atoms with Crippen molar-refractivity contribution in [2.45, 2.75) is 31.4 Å². The fraction of sp³-hybridized carbons (Fsp3) is 0.0238. The molecule has 2 heterocycles. The van der Waals surface area contributed by atoms with E-state index in [-0.39, 0.29) is 78.3 Å². The van der Waals surface area contributed by atoms with Crippen LogP contribution in [0.4, 0.5) is 44.5 Å². The lowest BCUT2D eigenvalue weighted by molar-refractivity contribution is -0.432. The average Bonchev–Trinajstić information content (AvgIpc) is 3.74. The van der Waals surface area contributed by atoms with Crippen LogP contribution in [0.3, 0.4) is 0 Å². The molecule has 0 spiro atoms. The summed E-state index contributed by atoms with van der Waals surface area (Å²) in [4.78, 5) is 6.57. The van der Waals surface area contributed by atoms with Gasteiger partial charge in [0, 0.05) is 38.2 Å². The van der Waals surface area contributed by atoms with Gasteiger partial charge in [-0.05, 0) is 96.6 Å². The minimum Gasteiger partial charge on any atom is -0.339 e. The molecule has 2 aromatic heterocycles. The first-order chi connectivity index (χ1) is 34.0. The first kappa shape index (κ1) is 51.1. The van der Waals surface area contributed by atoms with E-state index in [9.17, 15) is 57.1 Å². The van der Waals surface area contributed by atoms with Crippen LogP contribution in [0.1, 0.15) is 11.1 Å². The van der Waals surface area contributed by atoms with Crippen molar-refractivity contribution in [2.24, 2.45) is 20.5 Å². The number of pyridine rings is 1. The number of thiazole rings is 1. The van der Waals surface area contributed by atoms with Crippen LogP contribution in [0.5, 0.6) is 0 Å². The molecule has 0 saturated carbocycles. The van der Waals surface area contributed by atoms with E-state index < -0.39 is 70.8 Å². The van der Waals surface area contributed by atoms with Crippen molar-refractivity contribution in [1.82, 2.24) is 9.97 Å². The molecule has 72 heavy (non-hydrogen) atoms. The number of rotatable bonds is 16. The van der Waals surface area contributed by atoms with Gasteiger partial charge in [0.1, 0.15) is 27.2 Å². The summed E-state index contributed by atoms with van der Waals surface area (Å²) in [6.45, 7) is 1.52. The molecule has 0 bridgehead atoms. The molecule has 8 aromatic rings. The highest BCUT2D eigenvalue weighted by Gasteiger charge is 2.25. The highest BCUT2D eigenvalue weighted by Crippen LogP contribution is 2.44. The van der Waals surface area contributed by atoms with Crippen LogP contribution in [0.2, 0.25) is 0 Å². The SMILES string of the molecule is Cc1c(C#N)c(Nc2ccc(S(=O)(=O)O)cc2)nc(Nc2ccc(S(=O)(=O)O)cc2)c1N=Nc1nc(-c2ccc3ccccc3c2)c(/N=N/c2cc(S(=O)(=O)O)c3cc(SOOO)cc(S(=O)(=O)O)c3c2)s1. The first-order valence-corrected chi connectivity index (χ1v) is 27.0. The minimum atomic E-state index is -5.14. The fourth-order valence-corrected chi connectivity index (χ4v) is 10.5. The summed E-state index contributed by atoms with van der Waals surface area (Å²) in [5.41, 5.74) is 0.912. The van der Waals surface area contributed by atoms with Gasteiger partial charge in [0.05, 0.1) is 33.1 Å². The standard InChI is InChI=1S/C42H29N9O15S6/c1-22-34(21-43)39(44-26-8-12-30(13-9-26)69(53,54)55)47-40(45-27-10-14-31(15-11-27)70(56,57)58)37(22)49-51-42-46-38(25-7-6-23-4-2-3-5-24(23)16-25)41(67-42)50-48-28-17-32-33(35(18-28)71(59,60)61)19-29(68-66-65-52)20-36(32)72(62,63)64/h2-20,52H,1H3,(H2,44,45,47)(H,53,54,55)(H,56,57,58)(H,59,60,61)(H,62,63,64)/b50-48+,51-49?. The Morgan fingerprint density at radius 1 is 0.639 bits per heavy atom. The van der Waals surface area contributed by atoms with Gasteiger partial charge in [-0.3, -0.25) is 18.2 Å². The molecule has 24 nitrogen and oxygen atoms in total. The Kier molecular flexibility index (Phi) is 14.3. The van der Waals surface area contributed by atoms with E-state index in [1.807, 2.05) is 30.3 Å². The van der Waals surface area contributed by atoms with E-state index in [4.69, 9.17) is 5.26 Å². The second kappa shape index (κ2) is 20.1. The van der Waals surface area contributed by atoms with Gasteiger partial charge in [0.15, 0.2) is 16.6 Å². The molecule has 0 fully saturated rings. The van der Waals surface area contributed by atoms with Gasteiger partial charge in [-0.25, -0.2) is 15.2 Å². The molecule has 0 aliphatic heterocycles. The lowest BCUT2D eigenvalue weighted by atomic mass is 10.1. The Hall–Kier alpha value is -7.22. The molecule has 0 atom stereocenters. The van der Waals surface area contributed by atoms with Crippen molar-refractivity contribution >= 4 is 130 Å². The molecule has 8 rings (SSSR count). The molecule has 368 valence electrons. The van der Waals surface area contributed by atoms with Crippen LogP contribution in [0.15, 0.2) is 160 Å². The van der Waals surface area contributed by atoms with E-state index in [0.717, 1.165) is 70.6 Å². The van der Waals surface area contributed by atoms with Gasteiger partial charge in [0.25, 0.3) is 40.5 Å². The predicted octanol–water partition coefficient (Wildman–Crippen LogP) is 10.4. The van der Waals surface area contributed by atoms with Gasteiger partial charge in [0.2, 0.25) is 5.13 Å². The Labute approximate surface area is 415 Å². The van der Waals surface area contributed by atoms with E-state index in [2.05, 4.69) is 56.5 Å². The quantitative estimate of drug-likeness (QED) is 0.0155. The van der Waals surface area contributed by atoms with Crippen molar-refractivity contribution in [3.8, 4) is 17.3 Å². The maximum atomic E-state index is 12.7. The third kappa shape index (κ3) is 11.4. The van der Waals surface area contributed by atoms with Gasteiger partial charge >= 0.3 is 0 Å². The molecule has 0 aliphatic carbocycles.